The summed E-state index contributed by atoms with van der Waals surface area (Å²) in [5.41, 5.74) is 6.32. The molecule has 10 nitrogen and oxygen atoms in total. The van der Waals surface area contributed by atoms with Gasteiger partial charge in [0, 0.05) is 68.2 Å². The van der Waals surface area contributed by atoms with E-state index in [-0.39, 0.29) is 11.8 Å². The fourth-order valence-corrected chi connectivity index (χ4v) is 6.98. The summed E-state index contributed by atoms with van der Waals surface area (Å²) < 4.78 is 3.79. The van der Waals surface area contributed by atoms with E-state index in [0.717, 1.165) is 32.6 Å². The van der Waals surface area contributed by atoms with Gasteiger partial charge in [0.1, 0.15) is 0 Å². The second kappa shape index (κ2) is 11.4. The average Bonchev–Trinajstić information content (AvgIpc) is 3.84. The van der Waals surface area contributed by atoms with Crippen LogP contribution in [0.25, 0.3) is 32.8 Å². The summed E-state index contributed by atoms with van der Waals surface area (Å²) in [7, 11) is 0. The fourth-order valence-electron chi connectivity index (χ4n) is 5.15. The zero-order valence-corrected chi connectivity index (χ0v) is 26.5. The molecular formula is C31H23BrN8O2S2. The first-order valence-electron chi connectivity index (χ1n) is 13.4. The van der Waals surface area contributed by atoms with E-state index < -0.39 is 5.92 Å². The first-order valence-corrected chi connectivity index (χ1v) is 16.0. The van der Waals surface area contributed by atoms with Crippen LogP contribution in [-0.4, -0.2) is 49.7 Å². The number of halogens is 1. The Balaban J connectivity index is 1.35. The maximum Gasteiger partial charge on any atom is 0.220 e. The third-order valence-corrected chi connectivity index (χ3v) is 9.37. The van der Waals surface area contributed by atoms with Crippen molar-refractivity contribution in [1.29, 1.82) is 0 Å². The number of rotatable bonds is 7. The SMILES string of the molecule is Cc1nn(-c2nc(-c3cccnc3)cs2)c(O)c1C(c1ccc(Br)cc1)c1c(C)nn(-c2nc(-c3cccnc3)cs2)c1O. The fraction of sp³-hybridized carbons (Fsp3) is 0.0968. The molecule has 6 aromatic heterocycles. The normalized spacial score (nSPS) is 11.5. The molecule has 0 saturated heterocycles. The van der Waals surface area contributed by atoms with Crippen LogP contribution in [0.4, 0.5) is 0 Å². The van der Waals surface area contributed by atoms with Crippen LogP contribution in [0.2, 0.25) is 0 Å². The molecule has 0 amide bonds. The van der Waals surface area contributed by atoms with Crippen LogP contribution < -0.4 is 0 Å². The summed E-state index contributed by atoms with van der Waals surface area (Å²) in [5, 5.41) is 37.7. The van der Waals surface area contributed by atoms with Gasteiger partial charge in [0.05, 0.1) is 22.8 Å². The Morgan fingerprint density at radius 3 is 1.61 bits per heavy atom. The monoisotopic (exact) mass is 682 g/mol. The lowest BCUT2D eigenvalue weighted by Crippen LogP contribution is -2.06. The molecule has 0 unspecified atom stereocenters. The lowest BCUT2D eigenvalue weighted by Gasteiger charge is -2.18. The van der Waals surface area contributed by atoms with Crippen LogP contribution in [0.3, 0.4) is 0 Å². The van der Waals surface area contributed by atoms with E-state index in [9.17, 15) is 10.2 Å². The molecule has 218 valence electrons. The molecule has 0 aliphatic rings. The van der Waals surface area contributed by atoms with Crippen LogP contribution in [-0.2, 0) is 0 Å². The second-order valence-corrected chi connectivity index (χ2v) is 12.6. The van der Waals surface area contributed by atoms with E-state index in [2.05, 4.69) is 25.9 Å². The summed E-state index contributed by atoms with van der Waals surface area (Å²) in [6.07, 6.45) is 6.91. The van der Waals surface area contributed by atoms with Crippen molar-refractivity contribution in [2.75, 3.05) is 0 Å². The van der Waals surface area contributed by atoms with Gasteiger partial charge < -0.3 is 10.2 Å². The molecule has 0 fully saturated rings. The van der Waals surface area contributed by atoms with Gasteiger partial charge >= 0.3 is 0 Å². The molecule has 0 saturated carbocycles. The standard InChI is InChI=1S/C31H23BrN8O2S2/c1-17-25(28(41)39(37-17)30-35-23(15-43-30)20-5-3-11-33-13-20)27(19-7-9-22(32)10-8-19)26-18(2)38-40(29(26)42)31-36-24(16-44-31)21-6-4-12-34-14-21/h3-16,27,41-42H,1-2H3. The number of thiazole rings is 2. The van der Waals surface area contributed by atoms with Gasteiger partial charge in [0.25, 0.3) is 0 Å². The summed E-state index contributed by atoms with van der Waals surface area (Å²) in [4.78, 5) is 17.8. The van der Waals surface area contributed by atoms with Gasteiger partial charge in [-0.25, -0.2) is 9.97 Å². The molecule has 0 radical (unpaired) electrons. The molecule has 0 atom stereocenters. The van der Waals surface area contributed by atoms with E-state index in [1.807, 2.05) is 73.1 Å². The number of nitrogens with zero attached hydrogens (tertiary/aromatic N) is 8. The number of pyridine rings is 2. The van der Waals surface area contributed by atoms with Crippen LogP contribution in [0.5, 0.6) is 11.8 Å². The number of aromatic nitrogens is 8. The van der Waals surface area contributed by atoms with Crippen molar-refractivity contribution in [2.45, 2.75) is 19.8 Å². The second-order valence-electron chi connectivity index (χ2n) is 9.97. The molecule has 7 rings (SSSR count). The maximum atomic E-state index is 11.7. The van der Waals surface area contributed by atoms with Gasteiger partial charge in [0.15, 0.2) is 0 Å². The van der Waals surface area contributed by atoms with Gasteiger partial charge in [-0.2, -0.15) is 19.6 Å². The van der Waals surface area contributed by atoms with Crippen molar-refractivity contribution >= 4 is 38.6 Å². The number of hydrogen-bond acceptors (Lipinski definition) is 10. The minimum atomic E-state index is -0.596. The highest BCUT2D eigenvalue weighted by molar-refractivity contribution is 9.10. The Morgan fingerprint density at radius 2 is 1.18 bits per heavy atom. The highest BCUT2D eigenvalue weighted by atomic mass is 79.9. The van der Waals surface area contributed by atoms with Gasteiger partial charge in [-0.1, -0.05) is 28.1 Å². The van der Waals surface area contributed by atoms with Crippen molar-refractivity contribution in [1.82, 2.24) is 39.5 Å². The molecule has 2 N–H and O–H groups in total. The highest BCUT2D eigenvalue weighted by Crippen LogP contribution is 2.45. The lowest BCUT2D eigenvalue weighted by molar-refractivity contribution is 0.420. The third kappa shape index (κ3) is 4.98. The predicted octanol–water partition coefficient (Wildman–Crippen LogP) is 7.07. The molecule has 0 aliphatic heterocycles. The van der Waals surface area contributed by atoms with E-state index >= 15 is 0 Å². The Labute approximate surface area is 268 Å². The van der Waals surface area contributed by atoms with Gasteiger partial charge in [-0.15, -0.1) is 22.7 Å². The predicted molar refractivity (Wildman–Crippen MR) is 173 cm³/mol. The first kappa shape index (κ1) is 28.1. The topological polar surface area (TPSA) is 128 Å². The van der Waals surface area contributed by atoms with Gasteiger partial charge in [-0.3, -0.25) is 9.97 Å². The van der Waals surface area contributed by atoms with Crippen molar-refractivity contribution in [3.63, 3.8) is 0 Å². The smallest absolute Gasteiger partial charge is 0.220 e. The zero-order chi connectivity index (χ0) is 30.4. The molecule has 7 aromatic rings. The Bertz CT molecular complexity index is 1960. The summed E-state index contributed by atoms with van der Waals surface area (Å²) >= 11 is 6.25. The van der Waals surface area contributed by atoms with Crippen molar-refractivity contribution in [3.05, 3.63) is 117 Å². The number of aryl methyl sites for hydroxylation is 2. The van der Waals surface area contributed by atoms with Gasteiger partial charge in [-0.05, 0) is 55.8 Å². The zero-order valence-electron chi connectivity index (χ0n) is 23.3. The van der Waals surface area contributed by atoms with Gasteiger partial charge in [0.2, 0.25) is 22.0 Å². The van der Waals surface area contributed by atoms with Crippen LogP contribution in [0.15, 0.2) is 88.6 Å². The Morgan fingerprint density at radius 1 is 0.705 bits per heavy atom. The minimum Gasteiger partial charge on any atom is -0.493 e. The molecule has 44 heavy (non-hydrogen) atoms. The van der Waals surface area contributed by atoms with Crippen molar-refractivity contribution in [3.8, 4) is 44.5 Å². The molecule has 0 aliphatic carbocycles. The van der Waals surface area contributed by atoms with Crippen LogP contribution in [0, 0.1) is 13.8 Å². The Kier molecular flexibility index (Phi) is 7.28. The lowest BCUT2D eigenvalue weighted by atomic mass is 9.85. The molecule has 0 spiro atoms. The molecular weight excluding hydrogens is 660 g/mol. The minimum absolute atomic E-state index is 0.0674. The van der Waals surface area contributed by atoms with E-state index in [1.54, 1.807) is 24.8 Å². The third-order valence-electron chi connectivity index (χ3n) is 7.20. The quantitative estimate of drug-likeness (QED) is 0.183. The highest BCUT2D eigenvalue weighted by Gasteiger charge is 2.33. The van der Waals surface area contributed by atoms with Crippen LogP contribution in [0.1, 0.15) is 34.0 Å². The molecule has 13 heteroatoms. The number of benzene rings is 1. The summed E-state index contributed by atoms with van der Waals surface area (Å²) in [5.74, 6) is -0.731. The molecule has 1 aromatic carbocycles. The van der Waals surface area contributed by atoms with E-state index in [0.29, 0.717) is 32.8 Å². The summed E-state index contributed by atoms with van der Waals surface area (Å²) in [6, 6.07) is 15.3. The molecule has 6 heterocycles. The largest absolute Gasteiger partial charge is 0.493 e. The van der Waals surface area contributed by atoms with E-state index in [4.69, 9.17) is 20.2 Å². The Hall–Kier alpha value is -4.72. The number of hydrogen-bond donors (Lipinski definition) is 2. The molecule has 0 bridgehead atoms. The number of aromatic hydroxyl groups is 2. The average molecular weight is 684 g/mol. The van der Waals surface area contributed by atoms with E-state index in [1.165, 1.54) is 32.0 Å². The maximum absolute atomic E-state index is 11.7. The summed E-state index contributed by atoms with van der Waals surface area (Å²) in [6.45, 7) is 3.68. The van der Waals surface area contributed by atoms with Crippen molar-refractivity contribution < 1.29 is 10.2 Å². The van der Waals surface area contributed by atoms with Crippen molar-refractivity contribution in [2.24, 2.45) is 0 Å². The first-order chi connectivity index (χ1) is 21.4. The van der Waals surface area contributed by atoms with Crippen LogP contribution >= 0.6 is 38.6 Å².